The SMILES string of the molecule is O=C(/C=C/c1cn(Cc2ccccc2)nn1)NCc1nnc2ccccn12. The first-order chi connectivity index (χ1) is 13.3. The van der Waals surface area contributed by atoms with Gasteiger partial charge in [-0.25, -0.2) is 4.68 Å². The van der Waals surface area contributed by atoms with Gasteiger partial charge < -0.3 is 5.32 Å². The van der Waals surface area contributed by atoms with Gasteiger partial charge in [0.25, 0.3) is 0 Å². The topological polar surface area (TPSA) is 90.0 Å². The number of hydrogen-bond donors (Lipinski definition) is 1. The van der Waals surface area contributed by atoms with E-state index in [1.165, 1.54) is 6.08 Å². The normalized spacial score (nSPS) is 11.3. The van der Waals surface area contributed by atoms with Crippen molar-refractivity contribution in [3.05, 3.63) is 84.1 Å². The molecule has 3 aromatic heterocycles. The third-order valence-electron chi connectivity index (χ3n) is 3.95. The smallest absolute Gasteiger partial charge is 0.244 e. The number of pyridine rings is 1. The zero-order valence-corrected chi connectivity index (χ0v) is 14.4. The van der Waals surface area contributed by atoms with E-state index in [0.29, 0.717) is 18.1 Å². The summed E-state index contributed by atoms with van der Waals surface area (Å²) in [7, 11) is 0. The van der Waals surface area contributed by atoms with Gasteiger partial charge in [-0.2, -0.15) is 0 Å². The van der Waals surface area contributed by atoms with Crippen molar-refractivity contribution in [2.75, 3.05) is 0 Å². The van der Waals surface area contributed by atoms with Gasteiger partial charge in [0.2, 0.25) is 5.91 Å². The average Bonchev–Trinajstić information content (AvgIpc) is 3.32. The highest BCUT2D eigenvalue weighted by atomic mass is 16.1. The van der Waals surface area contributed by atoms with E-state index >= 15 is 0 Å². The number of nitrogens with zero attached hydrogens (tertiary/aromatic N) is 6. The molecule has 0 saturated carbocycles. The predicted molar refractivity (Wildman–Crippen MR) is 99.4 cm³/mol. The minimum absolute atomic E-state index is 0.236. The molecule has 3 heterocycles. The Balaban J connectivity index is 1.33. The molecule has 4 aromatic rings. The number of fused-ring (bicyclic) bond motifs is 1. The molecule has 0 saturated heterocycles. The highest BCUT2D eigenvalue weighted by Crippen LogP contribution is 2.04. The van der Waals surface area contributed by atoms with Crippen LogP contribution in [0.25, 0.3) is 11.7 Å². The van der Waals surface area contributed by atoms with Gasteiger partial charge in [0.1, 0.15) is 5.69 Å². The van der Waals surface area contributed by atoms with Crippen molar-refractivity contribution >= 4 is 17.6 Å². The van der Waals surface area contributed by atoms with Gasteiger partial charge in [0.05, 0.1) is 19.3 Å². The summed E-state index contributed by atoms with van der Waals surface area (Å²) in [5, 5.41) is 19.0. The van der Waals surface area contributed by atoms with Crippen molar-refractivity contribution < 1.29 is 4.79 Å². The maximum atomic E-state index is 12.0. The predicted octanol–water partition coefficient (Wildman–Crippen LogP) is 1.70. The van der Waals surface area contributed by atoms with Crippen LogP contribution in [0.2, 0.25) is 0 Å². The van der Waals surface area contributed by atoms with Gasteiger partial charge in [-0.3, -0.25) is 9.20 Å². The molecule has 0 aliphatic heterocycles. The van der Waals surface area contributed by atoms with E-state index in [-0.39, 0.29) is 12.5 Å². The van der Waals surface area contributed by atoms with E-state index in [9.17, 15) is 4.79 Å². The average molecular weight is 359 g/mol. The number of carbonyl (C=O) groups is 1. The van der Waals surface area contributed by atoms with E-state index < -0.39 is 0 Å². The Bertz CT molecular complexity index is 1080. The summed E-state index contributed by atoms with van der Waals surface area (Å²) in [5.74, 6) is 0.432. The highest BCUT2D eigenvalue weighted by Gasteiger charge is 2.05. The van der Waals surface area contributed by atoms with Crippen LogP contribution < -0.4 is 5.32 Å². The Morgan fingerprint density at radius 1 is 1.04 bits per heavy atom. The van der Waals surface area contributed by atoms with Crippen molar-refractivity contribution in [2.45, 2.75) is 13.1 Å². The third kappa shape index (κ3) is 4.06. The van der Waals surface area contributed by atoms with Crippen molar-refractivity contribution in [3.8, 4) is 0 Å². The van der Waals surface area contributed by atoms with Gasteiger partial charge in [0, 0.05) is 12.3 Å². The summed E-state index contributed by atoms with van der Waals surface area (Å²) in [5.41, 5.74) is 2.50. The molecule has 134 valence electrons. The number of nitrogens with one attached hydrogen (secondary N) is 1. The van der Waals surface area contributed by atoms with E-state index in [1.54, 1.807) is 17.0 Å². The minimum atomic E-state index is -0.236. The summed E-state index contributed by atoms with van der Waals surface area (Å²) in [6, 6.07) is 15.6. The van der Waals surface area contributed by atoms with E-state index in [4.69, 9.17) is 0 Å². The van der Waals surface area contributed by atoms with Crippen LogP contribution in [0.3, 0.4) is 0 Å². The Morgan fingerprint density at radius 2 is 1.89 bits per heavy atom. The Morgan fingerprint density at radius 3 is 2.78 bits per heavy atom. The van der Waals surface area contributed by atoms with Crippen LogP contribution in [0, 0.1) is 0 Å². The maximum absolute atomic E-state index is 12.0. The molecule has 0 radical (unpaired) electrons. The van der Waals surface area contributed by atoms with E-state index in [2.05, 4.69) is 25.8 Å². The molecule has 1 N–H and O–H groups in total. The lowest BCUT2D eigenvalue weighted by molar-refractivity contribution is -0.116. The van der Waals surface area contributed by atoms with Crippen LogP contribution in [0.1, 0.15) is 17.1 Å². The third-order valence-corrected chi connectivity index (χ3v) is 3.95. The highest BCUT2D eigenvalue weighted by molar-refractivity contribution is 5.91. The number of aromatic nitrogens is 6. The molecule has 8 heteroatoms. The summed E-state index contributed by atoms with van der Waals surface area (Å²) in [6.45, 7) is 0.920. The van der Waals surface area contributed by atoms with Crippen LogP contribution >= 0.6 is 0 Å². The van der Waals surface area contributed by atoms with Gasteiger partial charge in [-0.05, 0) is 23.8 Å². The zero-order chi connectivity index (χ0) is 18.5. The number of benzene rings is 1. The van der Waals surface area contributed by atoms with E-state index in [1.807, 2.05) is 59.1 Å². The molecule has 0 unspecified atom stereocenters. The molecule has 0 spiro atoms. The second-order valence-electron chi connectivity index (χ2n) is 5.92. The lowest BCUT2D eigenvalue weighted by atomic mass is 10.2. The first-order valence-corrected chi connectivity index (χ1v) is 8.46. The molecule has 8 nitrogen and oxygen atoms in total. The lowest BCUT2D eigenvalue weighted by Gasteiger charge is -2.00. The Labute approximate surface area is 155 Å². The molecule has 1 aromatic carbocycles. The molecule has 0 aliphatic carbocycles. The first-order valence-electron chi connectivity index (χ1n) is 8.46. The van der Waals surface area contributed by atoms with Gasteiger partial charge in [0.15, 0.2) is 11.5 Å². The molecule has 4 rings (SSSR count). The van der Waals surface area contributed by atoms with Gasteiger partial charge in [-0.15, -0.1) is 15.3 Å². The first kappa shape index (κ1) is 16.6. The second kappa shape index (κ2) is 7.61. The van der Waals surface area contributed by atoms with Gasteiger partial charge >= 0.3 is 0 Å². The number of rotatable bonds is 6. The zero-order valence-electron chi connectivity index (χ0n) is 14.4. The Kier molecular flexibility index (Phi) is 4.69. The minimum Gasteiger partial charge on any atom is -0.345 e. The summed E-state index contributed by atoms with van der Waals surface area (Å²) < 4.78 is 3.56. The quantitative estimate of drug-likeness (QED) is 0.529. The molecule has 0 aliphatic rings. The number of carbonyl (C=O) groups excluding carboxylic acids is 1. The van der Waals surface area contributed by atoms with Crippen LogP contribution in [0.5, 0.6) is 0 Å². The van der Waals surface area contributed by atoms with Crippen LogP contribution in [0.15, 0.2) is 67.0 Å². The Hall–Kier alpha value is -3.81. The molecule has 1 amide bonds. The maximum Gasteiger partial charge on any atom is 0.244 e. The van der Waals surface area contributed by atoms with E-state index in [0.717, 1.165) is 11.2 Å². The lowest BCUT2D eigenvalue weighted by Crippen LogP contribution is -2.21. The summed E-state index contributed by atoms with van der Waals surface area (Å²) in [6.07, 6.45) is 6.71. The number of amides is 1. The van der Waals surface area contributed by atoms with Crippen molar-refractivity contribution in [3.63, 3.8) is 0 Å². The number of hydrogen-bond acceptors (Lipinski definition) is 5. The fraction of sp³-hybridized carbons (Fsp3) is 0.105. The molecule has 27 heavy (non-hydrogen) atoms. The summed E-state index contributed by atoms with van der Waals surface area (Å²) in [4.78, 5) is 12.0. The molecular weight excluding hydrogens is 342 g/mol. The van der Waals surface area contributed by atoms with Crippen LogP contribution in [-0.4, -0.2) is 35.5 Å². The molecule has 0 atom stereocenters. The fourth-order valence-corrected chi connectivity index (χ4v) is 2.64. The molecule has 0 bridgehead atoms. The molecular formula is C19H17N7O. The fourth-order valence-electron chi connectivity index (χ4n) is 2.64. The van der Waals surface area contributed by atoms with Gasteiger partial charge in [-0.1, -0.05) is 41.6 Å². The van der Waals surface area contributed by atoms with Crippen molar-refractivity contribution in [1.82, 2.24) is 34.9 Å². The van der Waals surface area contributed by atoms with Crippen molar-refractivity contribution in [2.24, 2.45) is 0 Å². The van der Waals surface area contributed by atoms with Crippen LogP contribution in [-0.2, 0) is 17.9 Å². The molecule has 0 fully saturated rings. The van der Waals surface area contributed by atoms with Crippen molar-refractivity contribution in [1.29, 1.82) is 0 Å². The standard InChI is InChI=1S/C19H17N7O/c27-19(20-12-18-23-22-17-8-4-5-11-26(17)18)10-9-16-14-25(24-21-16)13-15-6-2-1-3-7-15/h1-11,14H,12-13H2,(H,20,27)/b10-9+. The summed E-state index contributed by atoms with van der Waals surface area (Å²) >= 11 is 0. The monoisotopic (exact) mass is 359 g/mol. The largest absolute Gasteiger partial charge is 0.345 e. The second-order valence-corrected chi connectivity index (χ2v) is 5.92. The van der Waals surface area contributed by atoms with Crippen LogP contribution in [0.4, 0.5) is 0 Å².